The maximum atomic E-state index is 6.34. The second-order valence-electron chi connectivity index (χ2n) is 4.67. The van der Waals surface area contributed by atoms with Crippen LogP contribution < -0.4 is 16.2 Å². The Kier molecular flexibility index (Phi) is 6.79. The molecule has 0 aromatic heterocycles. The number of fused-ring (bicyclic) bond motifs is 1. The smallest absolute Gasteiger partial charge is 0.124 e. The average molecular weight is 295 g/mol. The number of ether oxygens (including phenoxy) is 1. The Morgan fingerprint density at radius 1 is 1.15 bits per heavy atom. The molecule has 0 unspecified atom stereocenters. The topological polar surface area (TPSA) is 61.3 Å². The van der Waals surface area contributed by atoms with Crippen LogP contribution in [0.25, 0.3) is 10.8 Å². The van der Waals surface area contributed by atoms with Gasteiger partial charge in [0.2, 0.25) is 0 Å². The first-order valence-electron chi connectivity index (χ1n) is 6.88. The van der Waals surface area contributed by atoms with E-state index in [0.29, 0.717) is 13.2 Å². The predicted molar refractivity (Wildman–Crippen MR) is 87.6 cm³/mol. The third kappa shape index (κ3) is 3.63. The highest BCUT2D eigenvalue weighted by Crippen LogP contribution is 2.33. The molecule has 3 nitrogen and oxygen atoms in total. The molecule has 0 fully saturated rings. The Morgan fingerprint density at radius 2 is 1.90 bits per heavy atom. The summed E-state index contributed by atoms with van der Waals surface area (Å²) in [6.07, 6.45) is 1.81. The minimum absolute atomic E-state index is 0. The highest BCUT2D eigenvalue weighted by atomic mass is 35.5. The van der Waals surface area contributed by atoms with Crippen LogP contribution in [0.4, 0.5) is 0 Å². The van der Waals surface area contributed by atoms with Crippen molar-refractivity contribution < 1.29 is 4.74 Å². The van der Waals surface area contributed by atoms with Crippen LogP contribution in [0, 0.1) is 0 Å². The Labute approximate surface area is 126 Å². The molecule has 20 heavy (non-hydrogen) atoms. The molecule has 0 saturated heterocycles. The molecule has 0 bridgehead atoms. The Balaban J connectivity index is 0.00000200. The highest BCUT2D eigenvalue weighted by Gasteiger charge is 2.15. The summed E-state index contributed by atoms with van der Waals surface area (Å²) in [7, 11) is 0. The van der Waals surface area contributed by atoms with Gasteiger partial charge in [-0.3, -0.25) is 0 Å². The summed E-state index contributed by atoms with van der Waals surface area (Å²) in [5.41, 5.74) is 13.0. The summed E-state index contributed by atoms with van der Waals surface area (Å²) in [6.45, 7) is 3.31. The fourth-order valence-electron chi connectivity index (χ4n) is 2.42. The number of hydrogen-bond acceptors (Lipinski definition) is 3. The molecule has 0 aliphatic heterocycles. The fraction of sp³-hybridized carbons (Fsp3) is 0.375. The first-order valence-corrected chi connectivity index (χ1v) is 6.88. The lowest BCUT2D eigenvalue weighted by molar-refractivity contribution is 0.334. The van der Waals surface area contributed by atoms with Crippen molar-refractivity contribution in [2.45, 2.75) is 25.8 Å². The largest absolute Gasteiger partial charge is 0.494 e. The molecule has 1 atom stereocenters. The van der Waals surface area contributed by atoms with E-state index in [1.54, 1.807) is 0 Å². The van der Waals surface area contributed by atoms with Gasteiger partial charge in [-0.15, -0.1) is 12.4 Å². The minimum Gasteiger partial charge on any atom is -0.494 e. The fourth-order valence-corrected chi connectivity index (χ4v) is 2.42. The molecule has 110 valence electrons. The highest BCUT2D eigenvalue weighted by molar-refractivity contribution is 5.88. The molecule has 0 aliphatic carbocycles. The number of rotatable bonds is 6. The van der Waals surface area contributed by atoms with Gasteiger partial charge in [-0.25, -0.2) is 0 Å². The summed E-state index contributed by atoms with van der Waals surface area (Å²) in [6, 6.07) is 12.4. The summed E-state index contributed by atoms with van der Waals surface area (Å²) in [5, 5.41) is 2.38. The van der Waals surface area contributed by atoms with E-state index in [2.05, 4.69) is 18.2 Å². The van der Waals surface area contributed by atoms with Gasteiger partial charge in [-0.05, 0) is 43.1 Å². The van der Waals surface area contributed by atoms with E-state index >= 15 is 0 Å². The van der Waals surface area contributed by atoms with Gasteiger partial charge in [0.25, 0.3) is 0 Å². The third-order valence-electron chi connectivity index (χ3n) is 3.32. The molecule has 2 aromatic rings. The monoisotopic (exact) mass is 294 g/mol. The van der Waals surface area contributed by atoms with Crippen LogP contribution in [0.1, 0.15) is 31.4 Å². The van der Waals surface area contributed by atoms with Gasteiger partial charge in [0.05, 0.1) is 6.61 Å². The number of benzene rings is 2. The molecule has 0 saturated carbocycles. The second-order valence-corrected chi connectivity index (χ2v) is 4.67. The molecule has 0 radical (unpaired) electrons. The predicted octanol–water partition coefficient (Wildman–Crippen LogP) is 3.40. The van der Waals surface area contributed by atoms with Gasteiger partial charge in [0.1, 0.15) is 5.75 Å². The summed E-state index contributed by atoms with van der Waals surface area (Å²) in [4.78, 5) is 0. The van der Waals surface area contributed by atoms with E-state index in [-0.39, 0.29) is 18.4 Å². The number of hydrogen-bond donors (Lipinski definition) is 2. The zero-order valence-electron chi connectivity index (χ0n) is 11.8. The van der Waals surface area contributed by atoms with E-state index < -0.39 is 0 Å². The van der Waals surface area contributed by atoms with E-state index in [4.69, 9.17) is 16.2 Å². The quantitative estimate of drug-likeness (QED) is 0.858. The maximum Gasteiger partial charge on any atom is 0.124 e. The lowest BCUT2D eigenvalue weighted by Gasteiger charge is -2.19. The molecule has 0 aliphatic rings. The maximum absolute atomic E-state index is 6.34. The zero-order valence-corrected chi connectivity index (χ0v) is 12.7. The average Bonchev–Trinajstić information content (AvgIpc) is 2.45. The van der Waals surface area contributed by atoms with Crippen LogP contribution in [0.15, 0.2) is 36.4 Å². The van der Waals surface area contributed by atoms with Gasteiger partial charge < -0.3 is 16.2 Å². The Bertz CT molecular complexity index is 545. The molecular formula is C16H23ClN2O. The van der Waals surface area contributed by atoms with E-state index in [0.717, 1.165) is 24.2 Å². The van der Waals surface area contributed by atoms with Crippen molar-refractivity contribution in [2.75, 3.05) is 13.2 Å². The summed E-state index contributed by atoms with van der Waals surface area (Å²) < 4.78 is 5.73. The van der Waals surface area contributed by atoms with Crippen LogP contribution in [-0.2, 0) is 0 Å². The van der Waals surface area contributed by atoms with E-state index in [1.165, 1.54) is 10.8 Å². The second kappa shape index (κ2) is 8.10. The standard InChI is InChI=1S/C16H22N2O.ClH/c1-2-19-15-10-9-12-6-3-4-7-13(12)16(15)14(18)8-5-11-17;/h3-4,6-7,9-10,14H,2,5,8,11,17-18H2,1H3;1H/t14-;/m1./s1. The van der Waals surface area contributed by atoms with Gasteiger partial charge in [0.15, 0.2) is 0 Å². The lowest BCUT2D eigenvalue weighted by atomic mass is 9.95. The van der Waals surface area contributed by atoms with Crippen LogP contribution >= 0.6 is 12.4 Å². The zero-order chi connectivity index (χ0) is 13.7. The van der Waals surface area contributed by atoms with Crippen molar-refractivity contribution in [1.29, 1.82) is 0 Å². The van der Waals surface area contributed by atoms with E-state index in [9.17, 15) is 0 Å². The SMILES string of the molecule is CCOc1ccc2ccccc2c1[C@H](N)CCCN.Cl. The number of halogens is 1. The molecule has 0 spiro atoms. The van der Waals surface area contributed by atoms with Crippen molar-refractivity contribution >= 4 is 23.2 Å². The van der Waals surface area contributed by atoms with Crippen LogP contribution in [0.5, 0.6) is 5.75 Å². The van der Waals surface area contributed by atoms with Gasteiger partial charge in [-0.2, -0.15) is 0 Å². The van der Waals surface area contributed by atoms with Crippen molar-refractivity contribution in [3.63, 3.8) is 0 Å². The third-order valence-corrected chi connectivity index (χ3v) is 3.32. The molecule has 0 heterocycles. The van der Waals surface area contributed by atoms with E-state index in [1.807, 2.05) is 25.1 Å². The van der Waals surface area contributed by atoms with Crippen molar-refractivity contribution in [1.82, 2.24) is 0 Å². The van der Waals surface area contributed by atoms with Crippen molar-refractivity contribution in [3.8, 4) is 5.75 Å². The Hall–Kier alpha value is -1.29. The summed E-state index contributed by atoms with van der Waals surface area (Å²) in [5.74, 6) is 0.894. The molecule has 0 amide bonds. The molecule has 2 aromatic carbocycles. The molecule has 4 N–H and O–H groups in total. The van der Waals surface area contributed by atoms with Crippen LogP contribution in [-0.4, -0.2) is 13.2 Å². The normalized spacial score (nSPS) is 11.9. The summed E-state index contributed by atoms with van der Waals surface area (Å²) >= 11 is 0. The van der Waals surface area contributed by atoms with Gasteiger partial charge in [0, 0.05) is 11.6 Å². The molecule has 2 rings (SSSR count). The number of nitrogens with two attached hydrogens (primary N) is 2. The molecular weight excluding hydrogens is 272 g/mol. The first kappa shape index (κ1) is 16.8. The van der Waals surface area contributed by atoms with Gasteiger partial charge >= 0.3 is 0 Å². The first-order chi connectivity index (χ1) is 9.27. The van der Waals surface area contributed by atoms with Crippen molar-refractivity contribution in [2.24, 2.45) is 11.5 Å². The van der Waals surface area contributed by atoms with Crippen LogP contribution in [0.2, 0.25) is 0 Å². The minimum atomic E-state index is -0.0313. The Morgan fingerprint density at radius 3 is 2.60 bits per heavy atom. The molecule has 4 heteroatoms. The van der Waals surface area contributed by atoms with Crippen LogP contribution in [0.3, 0.4) is 0 Å². The van der Waals surface area contributed by atoms with Crippen molar-refractivity contribution in [3.05, 3.63) is 42.0 Å². The lowest BCUT2D eigenvalue weighted by Crippen LogP contribution is -2.14. The van der Waals surface area contributed by atoms with Gasteiger partial charge in [-0.1, -0.05) is 30.3 Å².